The summed E-state index contributed by atoms with van der Waals surface area (Å²) in [6.07, 6.45) is -0.112. The van der Waals surface area contributed by atoms with Gasteiger partial charge in [-0.3, -0.25) is 4.79 Å². The summed E-state index contributed by atoms with van der Waals surface area (Å²) in [7, 11) is 1.50. The van der Waals surface area contributed by atoms with Crippen molar-refractivity contribution in [1.29, 1.82) is 0 Å². The standard InChI is InChI=1S/C15H12F2O2/c1-19-13-4-2-3-11(7-13)15(18)8-10-5-6-12(16)9-14(10)17/h2-7,9H,8H2,1H3. The van der Waals surface area contributed by atoms with Gasteiger partial charge in [-0.05, 0) is 23.8 Å². The Morgan fingerprint density at radius 2 is 1.95 bits per heavy atom. The lowest BCUT2D eigenvalue weighted by atomic mass is 10.0. The van der Waals surface area contributed by atoms with Crippen molar-refractivity contribution in [2.24, 2.45) is 0 Å². The molecule has 0 unspecified atom stereocenters. The highest BCUT2D eigenvalue weighted by Gasteiger charge is 2.11. The molecule has 0 spiro atoms. The molecule has 0 aromatic heterocycles. The van der Waals surface area contributed by atoms with Crippen LogP contribution in [0.4, 0.5) is 8.78 Å². The van der Waals surface area contributed by atoms with E-state index in [2.05, 4.69) is 0 Å². The van der Waals surface area contributed by atoms with Crippen molar-refractivity contribution in [3.8, 4) is 5.75 Å². The van der Waals surface area contributed by atoms with Gasteiger partial charge < -0.3 is 4.74 Å². The third kappa shape index (κ3) is 3.16. The number of hydrogen-bond acceptors (Lipinski definition) is 2. The molecule has 0 N–H and O–H groups in total. The molecular formula is C15H12F2O2. The second kappa shape index (κ2) is 5.61. The zero-order chi connectivity index (χ0) is 13.8. The predicted octanol–water partition coefficient (Wildman–Crippen LogP) is 3.40. The first-order valence-corrected chi connectivity index (χ1v) is 5.71. The van der Waals surface area contributed by atoms with Crippen LogP contribution in [0.25, 0.3) is 0 Å². The first-order valence-electron chi connectivity index (χ1n) is 5.71. The lowest BCUT2D eigenvalue weighted by Gasteiger charge is -2.05. The maximum Gasteiger partial charge on any atom is 0.167 e. The van der Waals surface area contributed by atoms with Crippen molar-refractivity contribution in [2.75, 3.05) is 7.11 Å². The van der Waals surface area contributed by atoms with E-state index in [0.29, 0.717) is 11.3 Å². The first kappa shape index (κ1) is 13.2. The smallest absolute Gasteiger partial charge is 0.167 e. The lowest BCUT2D eigenvalue weighted by molar-refractivity contribution is 0.0991. The highest BCUT2D eigenvalue weighted by atomic mass is 19.1. The van der Waals surface area contributed by atoms with Gasteiger partial charge in [0.2, 0.25) is 0 Å². The van der Waals surface area contributed by atoms with E-state index < -0.39 is 11.6 Å². The molecule has 98 valence electrons. The molecule has 0 saturated carbocycles. The third-order valence-electron chi connectivity index (χ3n) is 2.76. The van der Waals surface area contributed by atoms with Gasteiger partial charge in [-0.25, -0.2) is 8.78 Å². The molecular weight excluding hydrogens is 250 g/mol. The van der Waals surface area contributed by atoms with Gasteiger partial charge in [0.1, 0.15) is 17.4 Å². The Kier molecular flexibility index (Phi) is 3.90. The number of carbonyl (C=O) groups excluding carboxylic acids is 1. The normalized spacial score (nSPS) is 10.3. The number of methoxy groups -OCH3 is 1. The summed E-state index contributed by atoms with van der Waals surface area (Å²) in [5, 5.41) is 0. The van der Waals surface area contributed by atoms with Crippen LogP contribution in [0.15, 0.2) is 42.5 Å². The number of carbonyl (C=O) groups is 1. The van der Waals surface area contributed by atoms with E-state index in [4.69, 9.17) is 4.74 Å². The molecule has 19 heavy (non-hydrogen) atoms. The lowest BCUT2D eigenvalue weighted by Crippen LogP contribution is -2.05. The fraction of sp³-hybridized carbons (Fsp3) is 0.133. The molecule has 0 aliphatic heterocycles. The van der Waals surface area contributed by atoms with E-state index in [1.165, 1.54) is 13.2 Å². The number of Topliss-reactive ketones (excluding diaryl/α,β-unsaturated/α-hetero) is 1. The number of ketones is 1. The molecule has 0 heterocycles. The fourth-order valence-corrected chi connectivity index (χ4v) is 1.74. The van der Waals surface area contributed by atoms with Crippen LogP contribution in [-0.2, 0) is 6.42 Å². The topological polar surface area (TPSA) is 26.3 Å². The molecule has 2 rings (SSSR count). The van der Waals surface area contributed by atoms with E-state index in [0.717, 1.165) is 12.1 Å². The highest BCUT2D eigenvalue weighted by molar-refractivity contribution is 5.97. The average molecular weight is 262 g/mol. The van der Waals surface area contributed by atoms with E-state index in [1.807, 2.05) is 0 Å². The van der Waals surface area contributed by atoms with Gasteiger partial charge in [0.15, 0.2) is 5.78 Å². The number of ether oxygens (including phenoxy) is 1. The van der Waals surface area contributed by atoms with Crippen LogP contribution in [-0.4, -0.2) is 12.9 Å². The molecule has 0 fully saturated rings. The van der Waals surface area contributed by atoms with Crippen molar-refractivity contribution in [3.63, 3.8) is 0 Å². The highest BCUT2D eigenvalue weighted by Crippen LogP contribution is 2.16. The minimum atomic E-state index is -0.712. The van der Waals surface area contributed by atoms with Gasteiger partial charge in [-0.2, -0.15) is 0 Å². The van der Waals surface area contributed by atoms with E-state index >= 15 is 0 Å². The van der Waals surface area contributed by atoms with Gasteiger partial charge in [0, 0.05) is 18.1 Å². The summed E-state index contributed by atoms with van der Waals surface area (Å²) < 4.78 is 31.2. The van der Waals surface area contributed by atoms with Gasteiger partial charge in [0.05, 0.1) is 7.11 Å². The summed E-state index contributed by atoms with van der Waals surface area (Å²) in [6, 6.07) is 9.81. The van der Waals surface area contributed by atoms with E-state index in [9.17, 15) is 13.6 Å². The fourth-order valence-electron chi connectivity index (χ4n) is 1.74. The van der Waals surface area contributed by atoms with Crippen molar-refractivity contribution in [2.45, 2.75) is 6.42 Å². The molecule has 0 aliphatic carbocycles. The summed E-state index contributed by atoms with van der Waals surface area (Å²) in [5.41, 5.74) is 0.609. The molecule has 0 radical (unpaired) electrons. The quantitative estimate of drug-likeness (QED) is 0.789. The molecule has 2 aromatic carbocycles. The summed E-state index contributed by atoms with van der Waals surface area (Å²) in [4.78, 5) is 12.0. The van der Waals surface area contributed by atoms with Gasteiger partial charge in [0.25, 0.3) is 0 Å². The largest absolute Gasteiger partial charge is 0.497 e. The van der Waals surface area contributed by atoms with E-state index in [1.54, 1.807) is 24.3 Å². The average Bonchev–Trinajstić information content (AvgIpc) is 2.42. The second-order valence-electron chi connectivity index (χ2n) is 4.07. The van der Waals surface area contributed by atoms with Crippen molar-refractivity contribution >= 4 is 5.78 Å². The van der Waals surface area contributed by atoms with Crippen LogP contribution in [0.5, 0.6) is 5.75 Å². The molecule has 0 saturated heterocycles. The maximum atomic E-state index is 13.5. The number of benzene rings is 2. The Morgan fingerprint density at radius 3 is 2.63 bits per heavy atom. The second-order valence-corrected chi connectivity index (χ2v) is 4.07. The molecule has 2 nitrogen and oxygen atoms in total. The Morgan fingerprint density at radius 1 is 1.16 bits per heavy atom. The maximum absolute atomic E-state index is 13.5. The molecule has 4 heteroatoms. The monoisotopic (exact) mass is 262 g/mol. The third-order valence-corrected chi connectivity index (χ3v) is 2.76. The summed E-state index contributed by atoms with van der Waals surface area (Å²) in [5.74, 6) is -1.05. The Hall–Kier alpha value is -2.23. The van der Waals surface area contributed by atoms with Crippen molar-refractivity contribution in [1.82, 2.24) is 0 Å². The predicted molar refractivity (Wildman–Crippen MR) is 67.4 cm³/mol. The van der Waals surface area contributed by atoms with Gasteiger partial charge >= 0.3 is 0 Å². The van der Waals surface area contributed by atoms with Crippen LogP contribution in [0.1, 0.15) is 15.9 Å². The van der Waals surface area contributed by atoms with E-state index in [-0.39, 0.29) is 17.8 Å². The zero-order valence-electron chi connectivity index (χ0n) is 10.3. The Labute approximate surface area is 109 Å². The minimum absolute atomic E-state index is 0.112. The number of halogens is 2. The zero-order valence-corrected chi connectivity index (χ0v) is 10.3. The molecule has 0 atom stereocenters. The summed E-state index contributed by atoms with van der Waals surface area (Å²) >= 11 is 0. The van der Waals surface area contributed by atoms with Crippen LogP contribution in [0.3, 0.4) is 0 Å². The van der Waals surface area contributed by atoms with Crippen LogP contribution in [0, 0.1) is 11.6 Å². The van der Waals surface area contributed by atoms with Crippen molar-refractivity contribution < 1.29 is 18.3 Å². The van der Waals surface area contributed by atoms with Gasteiger partial charge in [-0.15, -0.1) is 0 Å². The van der Waals surface area contributed by atoms with Crippen molar-refractivity contribution in [3.05, 3.63) is 65.2 Å². The SMILES string of the molecule is COc1cccc(C(=O)Cc2ccc(F)cc2F)c1. The first-order chi connectivity index (χ1) is 9.10. The molecule has 0 amide bonds. The number of rotatable bonds is 4. The van der Waals surface area contributed by atoms with Crippen LogP contribution in [0.2, 0.25) is 0 Å². The Bertz CT molecular complexity index is 609. The molecule has 0 aliphatic rings. The van der Waals surface area contributed by atoms with Crippen LogP contribution >= 0.6 is 0 Å². The van der Waals surface area contributed by atoms with Crippen LogP contribution < -0.4 is 4.74 Å². The van der Waals surface area contributed by atoms with Gasteiger partial charge in [-0.1, -0.05) is 18.2 Å². The summed E-state index contributed by atoms with van der Waals surface area (Å²) in [6.45, 7) is 0. The molecule has 2 aromatic rings. The number of hydrogen-bond donors (Lipinski definition) is 0. The molecule has 0 bridgehead atoms. The Balaban J connectivity index is 2.20. The minimum Gasteiger partial charge on any atom is -0.497 e.